The maximum absolute atomic E-state index is 12.9. The smallest absolute Gasteiger partial charge is 0.357 e. The number of nitrogens with one attached hydrogen (secondary N) is 1. The minimum atomic E-state index is -4.17. The van der Waals surface area contributed by atoms with E-state index in [1.165, 1.54) is 17.4 Å². The molecule has 1 aromatic rings. The first-order valence-corrected chi connectivity index (χ1v) is 9.12. The highest BCUT2D eigenvalue weighted by Crippen LogP contribution is 2.25. The highest BCUT2D eigenvalue weighted by Gasteiger charge is 2.41. The number of alkyl halides is 3. The zero-order chi connectivity index (χ0) is 19.2. The molecule has 156 valence electrons. The molecule has 2 heterocycles. The van der Waals surface area contributed by atoms with E-state index in [-0.39, 0.29) is 24.0 Å². The van der Waals surface area contributed by atoms with E-state index in [1.807, 2.05) is 31.3 Å². The van der Waals surface area contributed by atoms with Crippen molar-refractivity contribution in [3.05, 3.63) is 18.0 Å². The fraction of sp³-hybridized carbons (Fsp3) is 0.765. The summed E-state index contributed by atoms with van der Waals surface area (Å²) in [6.07, 6.45) is 1.50. The maximum Gasteiger partial charge on any atom is 0.403 e. The van der Waals surface area contributed by atoms with Crippen LogP contribution in [0.5, 0.6) is 0 Å². The predicted molar refractivity (Wildman–Crippen MR) is 112 cm³/mol. The summed E-state index contributed by atoms with van der Waals surface area (Å²) in [5.74, 6) is 0.790. The van der Waals surface area contributed by atoms with Crippen molar-refractivity contribution in [3.8, 4) is 0 Å². The summed E-state index contributed by atoms with van der Waals surface area (Å²) < 4.78 is 40.4. The van der Waals surface area contributed by atoms with E-state index in [0.29, 0.717) is 32.7 Å². The third-order valence-corrected chi connectivity index (χ3v) is 4.61. The Bertz CT molecular complexity index is 581. The number of nitrogens with zero attached hydrogens (tertiary/aromatic N) is 5. The van der Waals surface area contributed by atoms with Gasteiger partial charge in [0.25, 0.3) is 0 Å². The third kappa shape index (κ3) is 7.47. The average Bonchev–Trinajstić information content (AvgIpc) is 3.01. The number of aryl methyl sites for hydroxylation is 2. The van der Waals surface area contributed by atoms with Gasteiger partial charge in [0.05, 0.1) is 6.20 Å². The second-order valence-corrected chi connectivity index (χ2v) is 6.60. The van der Waals surface area contributed by atoms with Gasteiger partial charge in [0.2, 0.25) is 0 Å². The molecule has 1 unspecified atom stereocenters. The SMILES string of the molecule is CCNC(=NCCCc1cnn(C)c1)N1CCN(C(C)C(F)(F)F)CC1.I. The van der Waals surface area contributed by atoms with Gasteiger partial charge in [0, 0.05) is 52.5 Å². The molecule has 1 aliphatic rings. The lowest BCUT2D eigenvalue weighted by Gasteiger charge is -2.39. The minimum absolute atomic E-state index is 0. The van der Waals surface area contributed by atoms with Crippen LogP contribution in [0.25, 0.3) is 0 Å². The van der Waals surface area contributed by atoms with E-state index in [9.17, 15) is 13.2 Å². The van der Waals surface area contributed by atoms with Gasteiger partial charge in [0.15, 0.2) is 5.96 Å². The Hall–Kier alpha value is -1.04. The van der Waals surface area contributed by atoms with Crippen molar-refractivity contribution in [3.63, 3.8) is 0 Å². The average molecular weight is 502 g/mol. The van der Waals surface area contributed by atoms with Crippen LogP contribution in [-0.2, 0) is 13.5 Å². The lowest BCUT2D eigenvalue weighted by atomic mass is 10.2. The van der Waals surface area contributed by atoms with Crippen molar-refractivity contribution in [1.29, 1.82) is 0 Å². The Balaban J connectivity index is 0.00000364. The second-order valence-electron chi connectivity index (χ2n) is 6.60. The molecule has 10 heteroatoms. The van der Waals surface area contributed by atoms with Crippen LogP contribution in [-0.4, -0.2) is 77.0 Å². The molecule has 0 amide bonds. The first-order valence-electron chi connectivity index (χ1n) is 9.12. The summed E-state index contributed by atoms with van der Waals surface area (Å²) in [4.78, 5) is 8.18. The molecule has 1 N–H and O–H groups in total. The summed E-state index contributed by atoms with van der Waals surface area (Å²) in [6.45, 7) is 6.52. The van der Waals surface area contributed by atoms with Gasteiger partial charge in [-0.2, -0.15) is 18.3 Å². The van der Waals surface area contributed by atoms with E-state index in [1.54, 1.807) is 4.68 Å². The molecule has 6 nitrogen and oxygen atoms in total. The predicted octanol–water partition coefficient (Wildman–Crippen LogP) is 2.50. The number of aliphatic imine (C=N–C) groups is 1. The van der Waals surface area contributed by atoms with Crippen molar-refractivity contribution in [2.24, 2.45) is 12.0 Å². The molecule has 1 atom stereocenters. The van der Waals surface area contributed by atoms with Crippen LogP contribution < -0.4 is 5.32 Å². The van der Waals surface area contributed by atoms with Crippen molar-refractivity contribution < 1.29 is 13.2 Å². The minimum Gasteiger partial charge on any atom is -0.357 e. The van der Waals surface area contributed by atoms with Gasteiger partial charge < -0.3 is 10.2 Å². The number of guanidine groups is 1. The first kappa shape index (κ1) is 24.0. The van der Waals surface area contributed by atoms with Crippen molar-refractivity contribution in [2.45, 2.75) is 38.9 Å². The molecular formula is C17H30F3IN6. The topological polar surface area (TPSA) is 48.7 Å². The number of hydrogen-bond acceptors (Lipinski definition) is 3. The number of hydrogen-bond donors (Lipinski definition) is 1. The molecule has 1 aliphatic heterocycles. The Kier molecular flexibility index (Phi) is 9.85. The normalized spacial score (nSPS) is 17.6. The van der Waals surface area contributed by atoms with Gasteiger partial charge in [-0.15, -0.1) is 24.0 Å². The second kappa shape index (κ2) is 11.1. The lowest BCUT2D eigenvalue weighted by molar-refractivity contribution is -0.181. The number of rotatable bonds is 6. The number of piperazine rings is 1. The molecule has 0 aromatic carbocycles. The number of aromatic nitrogens is 2. The van der Waals surface area contributed by atoms with E-state index >= 15 is 0 Å². The van der Waals surface area contributed by atoms with Crippen LogP contribution in [0.2, 0.25) is 0 Å². The Morgan fingerprint density at radius 1 is 1.30 bits per heavy atom. The quantitative estimate of drug-likeness (QED) is 0.281. The molecule has 0 bridgehead atoms. The Labute approximate surface area is 176 Å². The fourth-order valence-corrected chi connectivity index (χ4v) is 3.02. The fourth-order valence-electron chi connectivity index (χ4n) is 3.02. The van der Waals surface area contributed by atoms with Crippen LogP contribution in [0.3, 0.4) is 0 Å². The molecule has 2 rings (SSSR count). The Morgan fingerprint density at radius 2 is 1.96 bits per heavy atom. The monoisotopic (exact) mass is 502 g/mol. The van der Waals surface area contributed by atoms with Gasteiger partial charge in [0.1, 0.15) is 6.04 Å². The Morgan fingerprint density at radius 3 is 2.48 bits per heavy atom. The summed E-state index contributed by atoms with van der Waals surface area (Å²) >= 11 is 0. The summed E-state index contributed by atoms with van der Waals surface area (Å²) in [5, 5.41) is 7.40. The zero-order valence-electron chi connectivity index (χ0n) is 16.2. The van der Waals surface area contributed by atoms with E-state index in [2.05, 4.69) is 15.4 Å². The molecule has 0 spiro atoms. The first-order chi connectivity index (χ1) is 12.3. The zero-order valence-corrected chi connectivity index (χ0v) is 18.5. The van der Waals surface area contributed by atoms with Crippen LogP contribution in [0.15, 0.2) is 17.4 Å². The molecule has 1 saturated heterocycles. The highest BCUT2D eigenvalue weighted by molar-refractivity contribution is 14.0. The van der Waals surface area contributed by atoms with Crippen molar-refractivity contribution in [2.75, 3.05) is 39.3 Å². The molecule has 1 aromatic heterocycles. The summed E-state index contributed by atoms with van der Waals surface area (Å²) in [7, 11) is 1.89. The number of halogens is 4. The van der Waals surface area contributed by atoms with Gasteiger partial charge in [-0.1, -0.05) is 0 Å². The van der Waals surface area contributed by atoms with Crippen molar-refractivity contribution >= 4 is 29.9 Å². The van der Waals surface area contributed by atoms with Gasteiger partial charge in [-0.05, 0) is 32.3 Å². The maximum atomic E-state index is 12.9. The molecular weight excluding hydrogens is 472 g/mol. The van der Waals surface area contributed by atoms with E-state index in [0.717, 1.165) is 25.3 Å². The lowest BCUT2D eigenvalue weighted by Crippen LogP contribution is -2.56. The third-order valence-electron chi connectivity index (χ3n) is 4.61. The molecule has 27 heavy (non-hydrogen) atoms. The molecule has 0 aliphatic carbocycles. The van der Waals surface area contributed by atoms with Gasteiger partial charge in [-0.25, -0.2) is 0 Å². The van der Waals surface area contributed by atoms with Gasteiger partial charge in [-0.3, -0.25) is 14.6 Å². The van der Waals surface area contributed by atoms with Crippen LogP contribution in [0, 0.1) is 0 Å². The molecule has 0 radical (unpaired) electrons. The molecule has 0 saturated carbocycles. The van der Waals surface area contributed by atoms with Crippen LogP contribution in [0.1, 0.15) is 25.8 Å². The highest BCUT2D eigenvalue weighted by atomic mass is 127. The van der Waals surface area contributed by atoms with Crippen LogP contribution in [0.4, 0.5) is 13.2 Å². The van der Waals surface area contributed by atoms with Crippen molar-refractivity contribution in [1.82, 2.24) is 24.9 Å². The van der Waals surface area contributed by atoms with E-state index < -0.39 is 12.2 Å². The van der Waals surface area contributed by atoms with Crippen LogP contribution >= 0.6 is 24.0 Å². The summed E-state index contributed by atoms with van der Waals surface area (Å²) in [5.41, 5.74) is 1.18. The molecule has 1 fully saturated rings. The summed E-state index contributed by atoms with van der Waals surface area (Å²) in [6, 6.07) is -1.40. The largest absolute Gasteiger partial charge is 0.403 e. The van der Waals surface area contributed by atoms with E-state index in [4.69, 9.17) is 0 Å². The van der Waals surface area contributed by atoms with Gasteiger partial charge >= 0.3 is 6.18 Å². The standard InChI is InChI=1S/C17H29F3N6.HI/c1-4-21-16(22-7-5-6-15-12-23-24(3)13-15)26-10-8-25(9-11-26)14(2)17(18,19)20;/h12-14H,4-11H2,1-3H3,(H,21,22);1H.